The van der Waals surface area contributed by atoms with Crippen LogP contribution in [0.5, 0.6) is 0 Å². The number of nitrogens with one attached hydrogen (secondary N) is 1. The van der Waals surface area contributed by atoms with E-state index in [0.717, 1.165) is 0 Å². The maximum atomic E-state index is 12.0. The number of aliphatic carboxylic acids is 1. The maximum Gasteiger partial charge on any atom is 0.306 e. The normalized spacial score (nSPS) is 23.3. The van der Waals surface area contributed by atoms with Gasteiger partial charge in [-0.3, -0.25) is 14.6 Å². The summed E-state index contributed by atoms with van der Waals surface area (Å²) in [6.45, 7) is 0. The number of aromatic nitrogens is 1. The van der Waals surface area contributed by atoms with Gasteiger partial charge in [-0.25, -0.2) is 0 Å². The molecule has 1 aromatic rings. The molecule has 0 aliphatic heterocycles. The van der Waals surface area contributed by atoms with Crippen molar-refractivity contribution in [3.05, 3.63) is 24.5 Å². The molecule has 18 heavy (non-hydrogen) atoms. The van der Waals surface area contributed by atoms with E-state index in [1.54, 1.807) is 24.5 Å². The molecule has 0 radical (unpaired) electrons. The molecule has 96 valence electrons. The van der Waals surface area contributed by atoms with Crippen LogP contribution in [0.15, 0.2) is 24.5 Å². The van der Waals surface area contributed by atoms with Crippen LogP contribution in [-0.2, 0) is 9.59 Å². The monoisotopic (exact) mass is 248 g/mol. The summed E-state index contributed by atoms with van der Waals surface area (Å²) in [5.41, 5.74) is 0.683. The van der Waals surface area contributed by atoms with Crippen LogP contribution in [0.1, 0.15) is 25.7 Å². The molecule has 5 heteroatoms. The van der Waals surface area contributed by atoms with Gasteiger partial charge in [-0.1, -0.05) is 0 Å². The van der Waals surface area contributed by atoms with Crippen molar-refractivity contribution >= 4 is 17.6 Å². The first-order valence-corrected chi connectivity index (χ1v) is 6.10. The minimum absolute atomic E-state index is 0.0353. The van der Waals surface area contributed by atoms with Crippen molar-refractivity contribution in [1.82, 2.24) is 4.98 Å². The number of amides is 1. The number of carboxylic acids is 1. The summed E-state index contributed by atoms with van der Waals surface area (Å²) in [6.07, 6.45) is 5.70. The van der Waals surface area contributed by atoms with Crippen LogP contribution in [0.2, 0.25) is 0 Å². The molecular weight excluding hydrogens is 232 g/mol. The smallest absolute Gasteiger partial charge is 0.306 e. The van der Waals surface area contributed by atoms with Gasteiger partial charge in [0.2, 0.25) is 5.91 Å². The highest BCUT2D eigenvalue weighted by atomic mass is 16.4. The average molecular weight is 248 g/mol. The minimum atomic E-state index is -0.749. The summed E-state index contributed by atoms with van der Waals surface area (Å²) in [4.78, 5) is 26.7. The number of hydrogen-bond donors (Lipinski definition) is 2. The van der Waals surface area contributed by atoms with Gasteiger partial charge in [0.15, 0.2) is 0 Å². The minimum Gasteiger partial charge on any atom is -0.481 e. The number of carbonyl (C=O) groups excluding carboxylic acids is 1. The molecule has 5 nitrogen and oxygen atoms in total. The molecule has 1 heterocycles. The van der Waals surface area contributed by atoms with Gasteiger partial charge in [-0.15, -0.1) is 0 Å². The van der Waals surface area contributed by atoms with Crippen molar-refractivity contribution in [3.8, 4) is 0 Å². The summed E-state index contributed by atoms with van der Waals surface area (Å²) < 4.78 is 0. The Bertz CT molecular complexity index is 425. The quantitative estimate of drug-likeness (QED) is 0.856. The Kier molecular flexibility index (Phi) is 3.92. The Morgan fingerprint density at radius 2 is 1.89 bits per heavy atom. The van der Waals surface area contributed by atoms with E-state index < -0.39 is 5.97 Å². The van der Waals surface area contributed by atoms with E-state index in [2.05, 4.69) is 10.3 Å². The fraction of sp³-hybridized carbons (Fsp3) is 0.462. The topological polar surface area (TPSA) is 79.3 Å². The Hall–Kier alpha value is -1.91. The first kappa shape index (κ1) is 12.5. The van der Waals surface area contributed by atoms with Crippen LogP contribution in [0, 0.1) is 11.8 Å². The Morgan fingerprint density at radius 3 is 2.44 bits per heavy atom. The highest BCUT2D eigenvalue weighted by Crippen LogP contribution is 2.29. The highest BCUT2D eigenvalue weighted by molar-refractivity contribution is 5.92. The molecule has 0 bridgehead atoms. The molecule has 2 rings (SSSR count). The third-order valence-corrected chi connectivity index (χ3v) is 3.38. The Morgan fingerprint density at radius 1 is 1.22 bits per heavy atom. The Balaban J connectivity index is 1.86. The number of pyridine rings is 1. The fourth-order valence-corrected chi connectivity index (χ4v) is 2.28. The standard InChI is InChI=1S/C13H16N2O3/c16-12(15-11-2-1-7-14-8-11)9-3-5-10(6-4-9)13(17)18/h1-2,7-10H,3-6H2,(H,15,16)(H,17,18). The van der Waals surface area contributed by atoms with Crippen LogP contribution in [0.4, 0.5) is 5.69 Å². The van der Waals surface area contributed by atoms with Gasteiger partial charge in [0, 0.05) is 12.1 Å². The summed E-state index contributed by atoms with van der Waals surface area (Å²) in [5, 5.41) is 11.7. The van der Waals surface area contributed by atoms with E-state index in [-0.39, 0.29) is 17.7 Å². The lowest BCUT2D eigenvalue weighted by molar-refractivity contribution is -0.143. The third-order valence-electron chi connectivity index (χ3n) is 3.38. The molecule has 0 spiro atoms. The zero-order valence-electron chi connectivity index (χ0n) is 10.0. The van der Waals surface area contributed by atoms with E-state index >= 15 is 0 Å². The number of rotatable bonds is 3. The third kappa shape index (κ3) is 3.06. The number of hydrogen-bond acceptors (Lipinski definition) is 3. The molecule has 1 saturated carbocycles. The van der Waals surface area contributed by atoms with E-state index in [4.69, 9.17) is 5.11 Å². The number of anilines is 1. The summed E-state index contributed by atoms with van der Waals surface area (Å²) in [5.74, 6) is -1.15. The molecule has 1 aromatic heterocycles. The van der Waals surface area contributed by atoms with Gasteiger partial charge in [-0.2, -0.15) is 0 Å². The van der Waals surface area contributed by atoms with Gasteiger partial charge in [0.25, 0.3) is 0 Å². The lowest BCUT2D eigenvalue weighted by Crippen LogP contribution is -2.29. The van der Waals surface area contributed by atoms with Gasteiger partial charge in [0.1, 0.15) is 0 Å². The Labute approximate surface area is 105 Å². The zero-order chi connectivity index (χ0) is 13.0. The molecule has 0 unspecified atom stereocenters. The highest BCUT2D eigenvalue weighted by Gasteiger charge is 2.29. The number of nitrogens with zero attached hydrogens (tertiary/aromatic N) is 1. The molecule has 1 aliphatic carbocycles. The van der Waals surface area contributed by atoms with Crippen molar-refractivity contribution in [2.45, 2.75) is 25.7 Å². The van der Waals surface area contributed by atoms with Crippen molar-refractivity contribution in [1.29, 1.82) is 0 Å². The van der Waals surface area contributed by atoms with Crippen LogP contribution in [0.3, 0.4) is 0 Å². The molecule has 1 fully saturated rings. The maximum absolute atomic E-state index is 12.0. The molecule has 1 amide bonds. The van der Waals surface area contributed by atoms with Crippen LogP contribution in [0.25, 0.3) is 0 Å². The van der Waals surface area contributed by atoms with Crippen LogP contribution < -0.4 is 5.32 Å². The largest absolute Gasteiger partial charge is 0.481 e. The van der Waals surface area contributed by atoms with Gasteiger partial charge in [0.05, 0.1) is 17.8 Å². The SMILES string of the molecule is O=C(O)C1CCC(C(=O)Nc2cccnc2)CC1. The van der Waals surface area contributed by atoms with E-state index in [9.17, 15) is 9.59 Å². The second kappa shape index (κ2) is 5.62. The zero-order valence-corrected chi connectivity index (χ0v) is 10.0. The lowest BCUT2D eigenvalue weighted by atomic mass is 9.81. The lowest BCUT2D eigenvalue weighted by Gasteiger charge is -2.25. The van der Waals surface area contributed by atoms with Crippen LogP contribution >= 0.6 is 0 Å². The van der Waals surface area contributed by atoms with Gasteiger partial charge in [-0.05, 0) is 37.8 Å². The first-order chi connectivity index (χ1) is 8.66. The van der Waals surface area contributed by atoms with E-state index in [1.165, 1.54) is 0 Å². The molecule has 1 aliphatic rings. The second-order valence-corrected chi connectivity index (χ2v) is 4.62. The van der Waals surface area contributed by atoms with Crippen molar-refractivity contribution in [3.63, 3.8) is 0 Å². The predicted molar refractivity (Wildman–Crippen MR) is 66.0 cm³/mol. The average Bonchev–Trinajstić information content (AvgIpc) is 2.40. The summed E-state index contributed by atoms with van der Waals surface area (Å²) in [7, 11) is 0. The van der Waals surface area contributed by atoms with E-state index in [1.807, 2.05) is 0 Å². The summed E-state index contributed by atoms with van der Waals surface area (Å²) in [6, 6.07) is 3.55. The fourth-order valence-electron chi connectivity index (χ4n) is 2.28. The molecule has 0 saturated heterocycles. The summed E-state index contributed by atoms with van der Waals surface area (Å²) >= 11 is 0. The molecule has 0 aromatic carbocycles. The first-order valence-electron chi connectivity index (χ1n) is 6.10. The van der Waals surface area contributed by atoms with Crippen LogP contribution in [-0.4, -0.2) is 22.0 Å². The predicted octanol–water partition coefficient (Wildman–Crippen LogP) is 1.91. The van der Waals surface area contributed by atoms with Gasteiger partial charge < -0.3 is 10.4 Å². The van der Waals surface area contributed by atoms with Crippen molar-refractivity contribution < 1.29 is 14.7 Å². The number of carbonyl (C=O) groups is 2. The molecular formula is C13H16N2O3. The molecule has 2 N–H and O–H groups in total. The number of carboxylic acid groups (broad SMARTS) is 1. The second-order valence-electron chi connectivity index (χ2n) is 4.62. The van der Waals surface area contributed by atoms with Gasteiger partial charge >= 0.3 is 5.97 Å². The van der Waals surface area contributed by atoms with Crippen molar-refractivity contribution in [2.24, 2.45) is 11.8 Å². The molecule has 0 atom stereocenters. The van der Waals surface area contributed by atoms with E-state index in [0.29, 0.717) is 31.4 Å². The van der Waals surface area contributed by atoms with Crippen molar-refractivity contribution in [2.75, 3.05) is 5.32 Å².